The summed E-state index contributed by atoms with van der Waals surface area (Å²) in [5.74, 6) is 0. The third-order valence-corrected chi connectivity index (χ3v) is 20.4. The average Bonchev–Trinajstić information content (AvgIpc) is 2.10. The predicted molar refractivity (Wildman–Crippen MR) is 84.0 cm³/mol. The molecule has 1 radical (unpaired) electrons. The summed E-state index contributed by atoms with van der Waals surface area (Å²) in [5, 5.41) is 0. The summed E-state index contributed by atoms with van der Waals surface area (Å²) in [7, 11) is -3.96. The van der Waals surface area contributed by atoms with E-state index in [4.69, 9.17) is 8.54 Å². The van der Waals surface area contributed by atoms with Gasteiger partial charge in [-0.05, 0) is 39.2 Å². The molecule has 0 aromatic carbocycles. The zero-order chi connectivity index (χ0) is 13.0. The fourth-order valence-electron chi connectivity index (χ4n) is 0.991. The van der Waals surface area contributed by atoms with Crippen molar-refractivity contribution in [1.29, 1.82) is 0 Å². The fraction of sp³-hybridized carbons (Fsp3) is 0.900. The van der Waals surface area contributed by atoms with Gasteiger partial charge in [-0.1, -0.05) is 20.0 Å². The lowest BCUT2D eigenvalue weighted by Gasteiger charge is -2.32. The molecule has 6 heteroatoms. The monoisotopic (exact) mass is 293 g/mol. The van der Waals surface area contributed by atoms with E-state index in [9.17, 15) is 0 Å². The maximum atomic E-state index is 6.32. The molecule has 0 atom stereocenters. The molecule has 0 rings (SSSR count). The van der Waals surface area contributed by atoms with Gasteiger partial charge in [0, 0.05) is 0 Å². The Labute approximate surface area is 108 Å². The zero-order valence-electron chi connectivity index (χ0n) is 12.3. The van der Waals surface area contributed by atoms with E-state index in [0.29, 0.717) is 0 Å². The SMILES string of the molecule is CC[C](O[Si](C)(C)[SiH](C)C)[SiH2]O[Si](C)(C)C. The first-order valence-electron chi connectivity index (χ1n) is 6.26. The van der Waals surface area contributed by atoms with Crippen molar-refractivity contribution in [3.63, 3.8) is 0 Å². The number of hydrogen-bond acceptors (Lipinski definition) is 2. The molecule has 0 saturated heterocycles. The van der Waals surface area contributed by atoms with Crippen LogP contribution in [0.2, 0.25) is 45.8 Å². The van der Waals surface area contributed by atoms with Gasteiger partial charge in [-0.15, -0.1) is 0 Å². The highest BCUT2D eigenvalue weighted by Crippen LogP contribution is 2.19. The molecule has 0 saturated carbocycles. The molecule has 0 aliphatic rings. The third-order valence-electron chi connectivity index (χ3n) is 2.86. The van der Waals surface area contributed by atoms with Gasteiger partial charge in [0.25, 0.3) is 0 Å². The van der Waals surface area contributed by atoms with Crippen LogP contribution in [0.4, 0.5) is 0 Å². The van der Waals surface area contributed by atoms with E-state index in [0.717, 1.165) is 6.42 Å². The Morgan fingerprint density at radius 2 is 1.62 bits per heavy atom. The van der Waals surface area contributed by atoms with Crippen molar-refractivity contribution < 1.29 is 8.54 Å². The molecule has 0 amide bonds. The van der Waals surface area contributed by atoms with Crippen molar-refractivity contribution in [2.45, 2.75) is 59.2 Å². The van der Waals surface area contributed by atoms with E-state index in [1.807, 2.05) is 0 Å². The van der Waals surface area contributed by atoms with Crippen molar-refractivity contribution >= 4 is 34.2 Å². The van der Waals surface area contributed by atoms with Crippen LogP contribution in [-0.4, -0.2) is 34.2 Å². The fourth-order valence-corrected chi connectivity index (χ4v) is 7.75. The van der Waals surface area contributed by atoms with Crippen LogP contribution in [0.1, 0.15) is 13.3 Å². The lowest BCUT2D eigenvalue weighted by molar-refractivity contribution is 0.354. The molecule has 0 spiro atoms. The second-order valence-corrected chi connectivity index (χ2v) is 26.0. The van der Waals surface area contributed by atoms with Crippen LogP contribution in [0, 0.1) is 5.73 Å². The van der Waals surface area contributed by atoms with Crippen LogP contribution in [0.3, 0.4) is 0 Å². The second-order valence-electron chi connectivity index (χ2n) is 6.15. The lowest BCUT2D eigenvalue weighted by atomic mass is 10.5. The highest BCUT2D eigenvalue weighted by atomic mass is 29.2. The molecule has 0 fully saturated rings. The molecular weight excluding hydrogens is 264 g/mol. The van der Waals surface area contributed by atoms with Crippen molar-refractivity contribution in [3.05, 3.63) is 5.73 Å². The zero-order valence-corrected chi connectivity index (χ0v) is 16.9. The summed E-state index contributed by atoms with van der Waals surface area (Å²) < 4.78 is 12.4. The van der Waals surface area contributed by atoms with Crippen LogP contribution >= 0.6 is 0 Å². The predicted octanol–water partition coefficient (Wildman–Crippen LogP) is 2.61. The molecule has 0 aromatic heterocycles. The maximum Gasteiger partial charge on any atom is 0.181 e. The molecule has 2 nitrogen and oxygen atoms in total. The van der Waals surface area contributed by atoms with Crippen LogP contribution in [0.25, 0.3) is 0 Å². The molecular formula is C10H29O2Si4. The summed E-state index contributed by atoms with van der Waals surface area (Å²) in [6.45, 7) is 18.5. The van der Waals surface area contributed by atoms with E-state index in [-0.39, 0.29) is 0 Å². The van der Waals surface area contributed by atoms with E-state index >= 15 is 0 Å². The molecule has 0 heterocycles. The Morgan fingerprint density at radius 1 is 1.12 bits per heavy atom. The van der Waals surface area contributed by atoms with Gasteiger partial charge >= 0.3 is 0 Å². The Balaban J connectivity index is 4.21. The summed E-state index contributed by atoms with van der Waals surface area (Å²) in [5.41, 5.74) is 1.31. The maximum absolute atomic E-state index is 6.32. The first-order chi connectivity index (χ1) is 7.08. The van der Waals surface area contributed by atoms with Crippen LogP contribution in [0.15, 0.2) is 0 Å². The van der Waals surface area contributed by atoms with Gasteiger partial charge in [-0.3, -0.25) is 0 Å². The van der Waals surface area contributed by atoms with Gasteiger partial charge in [0.05, 0.1) is 14.0 Å². The Bertz CT molecular complexity index is 201. The summed E-state index contributed by atoms with van der Waals surface area (Å²) in [6.07, 6.45) is 1.05. The molecule has 0 aromatic rings. The molecule has 0 aliphatic carbocycles. The highest BCUT2D eigenvalue weighted by Gasteiger charge is 2.31. The Morgan fingerprint density at radius 3 is 1.94 bits per heavy atom. The quantitative estimate of drug-likeness (QED) is 0.672. The molecule has 0 N–H and O–H groups in total. The first kappa shape index (κ1) is 16.8. The topological polar surface area (TPSA) is 18.5 Å². The van der Waals surface area contributed by atoms with E-state index < -0.39 is 34.2 Å². The summed E-state index contributed by atoms with van der Waals surface area (Å²) >= 11 is 0. The molecule has 0 aliphatic heterocycles. The van der Waals surface area contributed by atoms with Gasteiger partial charge in [-0.2, -0.15) is 0 Å². The minimum Gasteiger partial charge on any atom is -0.458 e. The van der Waals surface area contributed by atoms with E-state index in [1.165, 1.54) is 5.73 Å². The number of rotatable bonds is 7. The third kappa shape index (κ3) is 7.18. The molecule has 16 heavy (non-hydrogen) atoms. The van der Waals surface area contributed by atoms with Crippen molar-refractivity contribution in [2.75, 3.05) is 0 Å². The number of hydrogen-bond donors (Lipinski definition) is 0. The van der Waals surface area contributed by atoms with Gasteiger partial charge in [0.1, 0.15) is 0 Å². The largest absolute Gasteiger partial charge is 0.458 e. The minimum absolute atomic E-state index is 0.578. The normalized spacial score (nSPS) is 14.6. The van der Waals surface area contributed by atoms with Crippen LogP contribution < -0.4 is 0 Å². The smallest absolute Gasteiger partial charge is 0.181 e. The van der Waals surface area contributed by atoms with Crippen molar-refractivity contribution in [1.82, 2.24) is 0 Å². The summed E-state index contributed by atoms with van der Waals surface area (Å²) in [6, 6.07) is 0. The first-order valence-corrected chi connectivity index (χ1v) is 18.0. The van der Waals surface area contributed by atoms with Gasteiger partial charge in [0.15, 0.2) is 25.9 Å². The van der Waals surface area contributed by atoms with Crippen molar-refractivity contribution in [2.24, 2.45) is 0 Å². The molecule has 97 valence electrons. The summed E-state index contributed by atoms with van der Waals surface area (Å²) in [4.78, 5) is 0. The molecule has 0 unspecified atom stereocenters. The Kier molecular flexibility index (Phi) is 6.98. The van der Waals surface area contributed by atoms with Gasteiger partial charge in [0.2, 0.25) is 0 Å². The standard InChI is InChI=1S/C10H29O2Si4/c1-9-10(13-12-15(4,5)6)11-16(7,8)14(2)3/h14H,9,13H2,1-8H3. The lowest BCUT2D eigenvalue weighted by Crippen LogP contribution is -2.47. The second kappa shape index (κ2) is 6.65. The van der Waals surface area contributed by atoms with Gasteiger partial charge in [-0.25, -0.2) is 0 Å². The van der Waals surface area contributed by atoms with Crippen LogP contribution in [-0.2, 0) is 8.54 Å². The van der Waals surface area contributed by atoms with Gasteiger partial charge < -0.3 is 8.54 Å². The Hall–Kier alpha value is 0.788. The van der Waals surface area contributed by atoms with Crippen molar-refractivity contribution in [3.8, 4) is 0 Å². The minimum atomic E-state index is -1.39. The average molecular weight is 294 g/mol. The van der Waals surface area contributed by atoms with Crippen LogP contribution in [0.5, 0.6) is 0 Å². The highest BCUT2D eigenvalue weighted by molar-refractivity contribution is 7.28. The van der Waals surface area contributed by atoms with E-state index in [2.05, 4.69) is 52.8 Å². The van der Waals surface area contributed by atoms with E-state index in [1.54, 1.807) is 0 Å². The molecule has 0 bridgehead atoms.